The summed E-state index contributed by atoms with van der Waals surface area (Å²) in [5.74, 6) is 0.768. The number of hydrogen-bond acceptors (Lipinski definition) is 12. The molecule has 0 amide bonds. The normalized spacial score (nSPS) is 22.8. The van der Waals surface area contributed by atoms with Crippen molar-refractivity contribution in [1.29, 1.82) is 0 Å². The predicted octanol–water partition coefficient (Wildman–Crippen LogP) is 10.5. The van der Waals surface area contributed by atoms with E-state index in [4.69, 9.17) is 25.8 Å². The molecule has 0 atom stereocenters. The first kappa shape index (κ1) is 45.0. The van der Waals surface area contributed by atoms with Crippen LogP contribution in [0.1, 0.15) is 96.6 Å². The summed E-state index contributed by atoms with van der Waals surface area (Å²) in [5, 5.41) is 14.4. The largest absolute Gasteiger partial charge is 0.474 e. The third-order valence-electron chi connectivity index (χ3n) is 12.4. The van der Waals surface area contributed by atoms with Crippen molar-refractivity contribution in [2.24, 2.45) is 0 Å². The number of aliphatic hydroxyl groups is 1. The molecule has 0 unspecified atom stereocenters. The summed E-state index contributed by atoms with van der Waals surface area (Å²) in [5.41, 5.74) is 2.72. The molecule has 10 nitrogen and oxygen atoms in total. The quantitative estimate of drug-likeness (QED) is 0.149. The zero-order valence-electron chi connectivity index (χ0n) is 34.6. The van der Waals surface area contributed by atoms with Crippen molar-refractivity contribution in [3.8, 4) is 5.88 Å². The fourth-order valence-corrected chi connectivity index (χ4v) is 11.5. The number of nitrogens with zero attached hydrogens (tertiary/aromatic N) is 6. The van der Waals surface area contributed by atoms with Crippen LogP contribution in [0.15, 0.2) is 49.1 Å². The minimum Gasteiger partial charge on any atom is -0.474 e. The van der Waals surface area contributed by atoms with Gasteiger partial charge < -0.3 is 19.3 Å². The van der Waals surface area contributed by atoms with Crippen LogP contribution in [0.2, 0.25) is 5.15 Å². The molecule has 2 aliphatic heterocycles. The Morgan fingerprint density at radius 2 is 1.15 bits per heavy atom. The van der Waals surface area contributed by atoms with Crippen molar-refractivity contribution in [3.63, 3.8) is 0 Å². The summed E-state index contributed by atoms with van der Waals surface area (Å²) in [4.78, 5) is 24.5. The molecular formula is C47H63ClN6O4S2. The molecule has 1 N–H and O–H groups in total. The maximum absolute atomic E-state index is 9.38. The van der Waals surface area contributed by atoms with Crippen LogP contribution in [0.4, 0.5) is 0 Å². The van der Waals surface area contributed by atoms with Gasteiger partial charge in [-0.3, -0.25) is 9.80 Å². The minimum absolute atomic E-state index is 0. The highest BCUT2D eigenvalue weighted by molar-refractivity contribution is 7.25. The monoisotopic (exact) mass is 874 g/mol. The Kier molecular flexibility index (Phi) is 16.4. The number of hydrogen-bond donors (Lipinski definition) is 1. The van der Waals surface area contributed by atoms with Crippen molar-refractivity contribution in [1.82, 2.24) is 29.7 Å². The lowest BCUT2D eigenvalue weighted by Gasteiger charge is -2.38. The van der Waals surface area contributed by atoms with Crippen molar-refractivity contribution in [2.75, 3.05) is 52.6 Å². The van der Waals surface area contributed by atoms with Crippen molar-refractivity contribution in [3.05, 3.63) is 65.3 Å². The third kappa shape index (κ3) is 10.9. The number of benzene rings is 2. The topological polar surface area (TPSA) is 106 Å². The molecule has 60 heavy (non-hydrogen) atoms. The zero-order chi connectivity index (χ0) is 40.6. The number of aromatic nitrogens is 4. The zero-order valence-corrected chi connectivity index (χ0v) is 37.0. The average molecular weight is 876 g/mol. The van der Waals surface area contributed by atoms with Gasteiger partial charge in [0, 0.05) is 58.4 Å². The second-order valence-electron chi connectivity index (χ2n) is 16.4. The highest BCUT2D eigenvalue weighted by Gasteiger charge is 2.29. The molecule has 10 rings (SSSR count). The van der Waals surface area contributed by atoms with E-state index >= 15 is 0 Å². The molecule has 6 aromatic rings. The van der Waals surface area contributed by atoms with Crippen molar-refractivity contribution >= 4 is 74.9 Å². The molecule has 0 radical (unpaired) electrons. The van der Waals surface area contributed by atoms with Crippen LogP contribution in [0.5, 0.6) is 5.88 Å². The Morgan fingerprint density at radius 3 is 1.68 bits per heavy atom. The highest BCUT2D eigenvalue weighted by Crippen LogP contribution is 2.39. The molecule has 0 bridgehead atoms. The number of aryl methyl sites for hydroxylation is 2. The SMILES string of the molecule is C.CCCc1ccc2sc3ncnc(Cl)c3c2c1.CCCc1ccc2sc3ncnc(OC4CCC(N5CCOCC5)CC4)c3c2c1.OC1CCC(N2CCOCC2)CC1. The Hall–Kier alpha value is -3.07. The van der Waals surface area contributed by atoms with E-state index in [1.807, 2.05) is 0 Å². The minimum atomic E-state index is -0.0303. The third-order valence-corrected chi connectivity index (χ3v) is 14.8. The van der Waals surface area contributed by atoms with Gasteiger partial charge in [-0.25, -0.2) is 19.9 Å². The van der Waals surface area contributed by atoms with Gasteiger partial charge >= 0.3 is 0 Å². The fourth-order valence-electron chi connectivity index (χ4n) is 9.22. The van der Waals surface area contributed by atoms with Gasteiger partial charge in [0.2, 0.25) is 5.88 Å². The predicted molar refractivity (Wildman–Crippen MR) is 249 cm³/mol. The van der Waals surface area contributed by atoms with E-state index in [1.54, 1.807) is 29.0 Å². The van der Waals surface area contributed by atoms with Gasteiger partial charge in [-0.1, -0.05) is 57.8 Å². The smallest absolute Gasteiger partial charge is 0.226 e. The first-order valence-electron chi connectivity index (χ1n) is 21.9. The molecule has 4 fully saturated rings. The number of ether oxygens (including phenoxy) is 3. The van der Waals surface area contributed by atoms with Gasteiger partial charge in [0.25, 0.3) is 0 Å². The first-order chi connectivity index (χ1) is 29.0. The number of fused-ring (bicyclic) bond motifs is 6. The Morgan fingerprint density at radius 1 is 0.667 bits per heavy atom. The van der Waals surface area contributed by atoms with Gasteiger partial charge in [-0.2, -0.15) is 0 Å². The lowest BCUT2D eigenvalue weighted by atomic mass is 9.91. The number of halogens is 1. The summed E-state index contributed by atoms with van der Waals surface area (Å²) in [7, 11) is 0. The van der Waals surface area contributed by atoms with Crippen LogP contribution in [0.25, 0.3) is 40.6 Å². The maximum Gasteiger partial charge on any atom is 0.226 e. The van der Waals surface area contributed by atoms with Gasteiger partial charge in [-0.05, 0) is 99.6 Å². The second-order valence-corrected chi connectivity index (χ2v) is 18.8. The van der Waals surface area contributed by atoms with Crippen LogP contribution in [-0.4, -0.2) is 112 Å². The Labute approximate surface area is 368 Å². The molecule has 2 saturated heterocycles. The number of aliphatic hydroxyl groups excluding tert-OH is 1. The summed E-state index contributed by atoms with van der Waals surface area (Å²) < 4.78 is 19.8. The van der Waals surface area contributed by atoms with Crippen LogP contribution in [-0.2, 0) is 22.3 Å². The summed E-state index contributed by atoms with van der Waals surface area (Å²) in [6, 6.07) is 14.7. The number of rotatable bonds is 8. The molecule has 4 aliphatic rings. The molecule has 2 aromatic carbocycles. The van der Waals surface area contributed by atoms with Crippen molar-refractivity contribution in [2.45, 2.75) is 123 Å². The lowest BCUT2D eigenvalue weighted by molar-refractivity contribution is -0.00366. The molecule has 13 heteroatoms. The number of morpholine rings is 2. The first-order valence-corrected chi connectivity index (χ1v) is 23.9. The lowest BCUT2D eigenvalue weighted by Crippen LogP contribution is -2.46. The standard InChI is InChI=1S/C23H29N3O2S.C13H11ClN2S.C10H19NO2.CH4/c1-2-3-16-4-9-20-19(14-16)21-22(24-15-25-23(21)29-20)28-18-7-5-17(6-8-18)26-10-12-27-13-11-26;1-2-3-8-4-5-10-9(6-8)11-12(14)15-7-16-13(11)17-10;12-10-3-1-9(2-4-10)11-5-7-13-8-6-11;/h4,9,14-15,17-18H,2-3,5-8,10-13H2,1H3;4-7H,2-3H2,1H3;9-10,12H,1-8H2;1H4. The van der Waals surface area contributed by atoms with Crippen LogP contribution < -0.4 is 4.74 Å². The van der Waals surface area contributed by atoms with Crippen molar-refractivity contribution < 1.29 is 19.3 Å². The fraction of sp³-hybridized carbons (Fsp3) is 0.574. The average Bonchev–Trinajstić information content (AvgIpc) is 3.85. The van der Waals surface area contributed by atoms with Crippen LogP contribution in [0, 0.1) is 0 Å². The molecule has 2 saturated carbocycles. The van der Waals surface area contributed by atoms with Crippen LogP contribution in [0.3, 0.4) is 0 Å². The van der Waals surface area contributed by atoms with Gasteiger partial charge in [0.05, 0.1) is 43.3 Å². The summed E-state index contributed by atoms with van der Waals surface area (Å²) in [6.07, 6.45) is 16.8. The van der Waals surface area contributed by atoms with E-state index in [0.29, 0.717) is 17.2 Å². The van der Waals surface area contributed by atoms with E-state index in [2.05, 4.69) is 80.0 Å². The van der Waals surface area contributed by atoms with E-state index < -0.39 is 0 Å². The summed E-state index contributed by atoms with van der Waals surface area (Å²) >= 11 is 9.56. The number of thiophene rings is 2. The molecule has 0 spiro atoms. The molecule has 324 valence electrons. The van der Waals surface area contributed by atoms with E-state index in [0.717, 1.165) is 130 Å². The maximum atomic E-state index is 9.38. The summed E-state index contributed by atoms with van der Waals surface area (Å²) in [6.45, 7) is 12.3. The van der Waals surface area contributed by atoms with Gasteiger partial charge in [-0.15, -0.1) is 22.7 Å². The molecular weight excluding hydrogens is 812 g/mol. The van der Waals surface area contributed by atoms with E-state index in [-0.39, 0.29) is 19.6 Å². The Balaban J connectivity index is 0.000000149. The van der Waals surface area contributed by atoms with Crippen LogP contribution >= 0.6 is 34.3 Å². The highest BCUT2D eigenvalue weighted by atomic mass is 35.5. The van der Waals surface area contributed by atoms with E-state index in [9.17, 15) is 5.11 Å². The molecule has 6 heterocycles. The molecule has 2 aliphatic carbocycles. The van der Waals surface area contributed by atoms with Gasteiger partial charge in [0.1, 0.15) is 33.6 Å². The van der Waals surface area contributed by atoms with Gasteiger partial charge in [0.15, 0.2) is 0 Å². The Bertz CT molecular complexity index is 2260. The second kappa shape index (κ2) is 21.8. The van der Waals surface area contributed by atoms with E-state index in [1.165, 1.54) is 63.3 Å². The molecule has 4 aromatic heterocycles.